The average molecular weight is 251 g/mol. The predicted octanol–water partition coefficient (Wildman–Crippen LogP) is 4.86. The first-order valence-corrected chi connectivity index (χ1v) is 6.32. The molecule has 0 amide bonds. The molecule has 0 aromatic carbocycles. The number of esters is 1. The number of ether oxygens (including phenoxy) is 1. The van der Waals surface area contributed by atoms with E-state index in [4.69, 9.17) is 12.3 Å². The number of hydrogen-bond acceptors (Lipinski definition) is 2. The fraction of sp³-hybridized carbons (Fsp3) is 0.933. The summed E-state index contributed by atoms with van der Waals surface area (Å²) in [6.07, 6.45) is -0.760. The molecule has 2 heteroatoms. The van der Waals surface area contributed by atoms with Gasteiger partial charge in [-0.05, 0) is 6.37 Å². The van der Waals surface area contributed by atoms with Gasteiger partial charge >= 0.3 is 5.97 Å². The summed E-state index contributed by atoms with van der Waals surface area (Å²) in [5.41, 5.74) is 0. The van der Waals surface area contributed by atoms with Crippen LogP contribution in [-0.4, -0.2) is 13.0 Å². The van der Waals surface area contributed by atoms with Crippen LogP contribution in [0.3, 0.4) is 0 Å². The smallest absolute Gasteiger partial charge is 0.305 e. The van der Waals surface area contributed by atoms with E-state index in [1.807, 2.05) is 0 Å². The molecule has 0 aromatic heterocycles. The molecule has 102 valence electrons. The molecular formula is C15H30O2. The van der Waals surface area contributed by atoms with E-state index < -0.39 is 32.1 Å². The van der Waals surface area contributed by atoms with E-state index in [1.54, 1.807) is 6.92 Å². The average Bonchev–Trinajstić information content (AvgIpc) is 2.42. The lowest BCUT2D eigenvalue weighted by Crippen LogP contribution is -1.99. The Balaban J connectivity index is 4.08. The highest BCUT2D eigenvalue weighted by molar-refractivity contribution is 5.68. The van der Waals surface area contributed by atoms with Gasteiger partial charge in [0.05, 0.1) is 11.2 Å². The van der Waals surface area contributed by atoms with E-state index in [9.17, 15) is 4.79 Å². The second-order valence-electron chi connectivity index (χ2n) is 4.02. The standard InChI is InChI=1S/C15H30O2/c1-3-4-5-6-7-8-9-10-11-12-13-14-15(16)17-2/h3-14H2,1-2H3/i2D3,3D2,13D2,14D2. The number of carbonyl (C=O) groups is 1. The van der Waals surface area contributed by atoms with Gasteiger partial charge in [0.1, 0.15) is 0 Å². The molecule has 0 spiro atoms. The van der Waals surface area contributed by atoms with E-state index in [0.717, 1.165) is 32.1 Å². The lowest BCUT2D eigenvalue weighted by molar-refractivity contribution is -0.140. The summed E-state index contributed by atoms with van der Waals surface area (Å²) in [5, 5.41) is 0. The van der Waals surface area contributed by atoms with Crippen molar-refractivity contribution in [3.8, 4) is 0 Å². The molecule has 0 aliphatic rings. The molecule has 0 saturated heterocycles. The van der Waals surface area contributed by atoms with E-state index in [-0.39, 0.29) is 6.42 Å². The van der Waals surface area contributed by atoms with Gasteiger partial charge < -0.3 is 4.74 Å². The maximum atomic E-state index is 11.6. The third-order valence-corrected chi connectivity index (χ3v) is 2.51. The van der Waals surface area contributed by atoms with Gasteiger partial charge in [-0.2, -0.15) is 0 Å². The van der Waals surface area contributed by atoms with Crippen LogP contribution in [0, 0.1) is 0 Å². The summed E-state index contributed by atoms with van der Waals surface area (Å²) in [4.78, 5) is 11.6. The summed E-state index contributed by atoms with van der Waals surface area (Å²) >= 11 is 0. The quantitative estimate of drug-likeness (QED) is 0.366. The molecule has 0 radical (unpaired) electrons. The maximum absolute atomic E-state index is 11.6. The molecule has 17 heavy (non-hydrogen) atoms. The fourth-order valence-corrected chi connectivity index (χ4v) is 1.56. The van der Waals surface area contributed by atoms with Crippen molar-refractivity contribution in [1.29, 1.82) is 0 Å². The predicted molar refractivity (Wildman–Crippen MR) is 73.1 cm³/mol. The van der Waals surface area contributed by atoms with E-state index >= 15 is 0 Å². The van der Waals surface area contributed by atoms with Crippen LogP contribution >= 0.6 is 0 Å². The number of methoxy groups -OCH3 is 1. The zero-order chi connectivity index (χ0) is 20.6. The molecule has 0 N–H and O–H groups in total. The molecule has 0 bridgehead atoms. The Hall–Kier alpha value is -0.530. The van der Waals surface area contributed by atoms with Crippen LogP contribution in [0.25, 0.3) is 0 Å². The van der Waals surface area contributed by atoms with Crippen molar-refractivity contribution in [3.63, 3.8) is 0 Å². The first kappa shape index (κ1) is 6.58. The number of carbonyl (C=O) groups excluding carboxylic acids is 1. The highest BCUT2D eigenvalue weighted by atomic mass is 16.5. The highest BCUT2D eigenvalue weighted by Crippen LogP contribution is 2.11. The Kier molecular flexibility index (Phi) is 5.24. The summed E-state index contributed by atoms with van der Waals surface area (Å²) in [6, 6.07) is 0. The van der Waals surface area contributed by atoms with Gasteiger partial charge in [0, 0.05) is 14.6 Å². The van der Waals surface area contributed by atoms with Crippen LogP contribution < -0.4 is 0 Å². The van der Waals surface area contributed by atoms with E-state index in [0.29, 0.717) is 19.3 Å². The minimum atomic E-state index is -3.10. The minimum Gasteiger partial charge on any atom is -0.469 e. The second-order valence-corrected chi connectivity index (χ2v) is 4.02. The largest absolute Gasteiger partial charge is 0.469 e. The fourth-order valence-electron chi connectivity index (χ4n) is 1.56. The zero-order valence-corrected chi connectivity index (χ0v) is 10.7. The molecule has 2 nitrogen and oxygen atoms in total. The first-order valence-electron chi connectivity index (χ1n) is 10.8. The van der Waals surface area contributed by atoms with Crippen molar-refractivity contribution in [3.05, 3.63) is 0 Å². The van der Waals surface area contributed by atoms with Crippen molar-refractivity contribution in [1.82, 2.24) is 0 Å². The van der Waals surface area contributed by atoms with Crippen molar-refractivity contribution < 1.29 is 21.9 Å². The lowest BCUT2D eigenvalue weighted by atomic mass is 10.1. The molecule has 0 unspecified atom stereocenters. The zero-order valence-electron chi connectivity index (χ0n) is 19.7. The Morgan fingerprint density at radius 2 is 1.53 bits per heavy atom. The normalized spacial score (nSPS) is 21.6. The van der Waals surface area contributed by atoms with Crippen molar-refractivity contribution in [2.75, 3.05) is 7.04 Å². The Bertz CT molecular complexity index is 428. The number of rotatable bonds is 12. The van der Waals surface area contributed by atoms with E-state index in [2.05, 4.69) is 4.74 Å². The Labute approximate surface area is 120 Å². The van der Waals surface area contributed by atoms with Gasteiger partial charge in [0.2, 0.25) is 0 Å². The van der Waals surface area contributed by atoms with Crippen molar-refractivity contribution in [2.24, 2.45) is 0 Å². The van der Waals surface area contributed by atoms with Crippen molar-refractivity contribution in [2.45, 2.75) is 83.8 Å². The molecule has 0 fully saturated rings. The molecule has 0 heterocycles. The molecule has 0 aliphatic carbocycles. The third-order valence-electron chi connectivity index (χ3n) is 2.51. The van der Waals surface area contributed by atoms with Crippen LogP contribution in [0.15, 0.2) is 0 Å². The SMILES string of the molecule is [2H]C([2H])(C)CCCCCCCCCC([2H])([2H])C([2H])([2H])C(=O)OC([2H])([2H])[2H]. The highest BCUT2D eigenvalue weighted by Gasteiger charge is 1.98. The van der Waals surface area contributed by atoms with Crippen LogP contribution in [-0.2, 0) is 9.53 Å². The van der Waals surface area contributed by atoms with Crippen LogP contribution in [0.4, 0.5) is 0 Å². The van der Waals surface area contributed by atoms with Gasteiger partial charge in [-0.15, -0.1) is 0 Å². The van der Waals surface area contributed by atoms with Crippen LogP contribution in [0.5, 0.6) is 0 Å². The molecule has 0 saturated carbocycles. The van der Waals surface area contributed by atoms with Gasteiger partial charge in [-0.25, -0.2) is 0 Å². The Morgan fingerprint density at radius 3 is 2.06 bits per heavy atom. The van der Waals surface area contributed by atoms with Gasteiger partial charge in [-0.3, -0.25) is 4.79 Å². The minimum absolute atomic E-state index is 0.202. The summed E-state index contributed by atoms with van der Waals surface area (Å²) in [5.74, 6) is -1.71. The van der Waals surface area contributed by atoms with Crippen molar-refractivity contribution >= 4 is 5.97 Å². The van der Waals surface area contributed by atoms with Gasteiger partial charge in [-0.1, -0.05) is 71.1 Å². The van der Waals surface area contributed by atoms with E-state index in [1.165, 1.54) is 0 Å². The molecule has 0 aliphatic heterocycles. The summed E-state index contributed by atoms with van der Waals surface area (Å²) in [7, 11) is -3.10. The maximum Gasteiger partial charge on any atom is 0.305 e. The molecular weight excluding hydrogens is 212 g/mol. The van der Waals surface area contributed by atoms with Gasteiger partial charge in [0.25, 0.3) is 0 Å². The third kappa shape index (κ3) is 13.4. The molecule has 0 rings (SSSR count). The lowest BCUT2D eigenvalue weighted by Gasteiger charge is -2.02. The number of unbranched alkanes of at least 4 members (excludes halogenated alkanes) is 6. The topological polar surface area (TPSA) is 26.3 Å². The van der Waals surface area contributed by atoms with Gasteiger partial charge in [0.15, 0.2) is 0 Å². The summed E-state index contributed by atoms with van der Waals surface area (Å²) in [6.45, 7) is 1.56. The molecule has 0 atom stereocenters. The monoisotopic (exact) mass is 251 g/mol. The Morgan fingerprint density at radius 1 is 1.00 bits per heavy atom. The van der Waals surface area contributed by atoms with Crippen LogP contribution in [0.2, 0.25) is 0 Å². The first-order chi connectivity index (χ1) is 11.6. The number of hydrogen-bond donors (Lipinski definition) is 0. The molecule has 0 aromatic rings. The van der Waals surface area contributed by atoms with Crippen LogP contribution in [0.1, 0.15) is 96.2 Å². The summed E-state index contributed by atoms with van der Waals surface area (Å²) < 4.78 is 70.1. The second kappa shape index (κ2) is 13.5.